The fourth-order valence-electron chi connectivity index (χ4n) is 2.12. The van der Waals surface area contributed by atoms with Gasteiger partial charge >= 0.3 is 0 Å². The monoisotopic (exact) mass is 355 g/mol. The molecule has 0 fully saturated rings. The molecule has 0 saturated carbocycles. The second-order valence-electron chi connectivity index (χ2n) is 5.39. The van der Waals surface area contributed by atoms with E-state index in [-0.39, 0.29) is 0 Å². The number of amides is 1. The zero-order valence-corrected chi connectivity index (χ0v) is 14.0. The van der Waals surface area contributed by atoms with Gasteiger partial charge in [-0.2, -0.15) is 0 Å². The van der Waals surface area contributed by atoms with E-state index in [0.29, 0.717) is 17.9 Å². The lowest BCUT2D eigenvalue weighted by molar-refractivity contribution is 0.0977. The van der Waals surface area contributed by atoms with Crippen molar-refractivity contribution in [3.63, 3.8) is 0 Å². The van der Waals surface area contributed by atoms with Crippen molar-refractivity contribution < 1.29 is 26.7 Å². The molecule has 24 heavy (non-hydrogen) atoms. The summed E-state index contributed by atoms with van der Waals surface area (Å²) in [5.74, 6) is -3.44. The highest BCUT2D eigenvalue weighted by Gasteiger charge is 2.19. The van der Waals surface area contributed by atoms with Crippen LogP contribution in [-0.4, -0.2) is 20.6 Å². The van der Waals surface area contributed by atoms with Gasteiger partial charge in [0.25, 0.3) is 5.91 Å². The summed E-state index contributed by atoms with van der Waals surface area (Å²) in [6.07, 6.45) is 0.733. The number of nitrogens with one attached hydrogen (secondary N) is 1. The van der Waals surface area contributed by atoms with Crippen molar-refractivity contribution >= 4 is 15.9 Å². The van der Waals surface area contributed by atoms with Gasteiger partial charge in [0, 0.05) is 6.07 Å². The highest BCUT2D eigenvalue weighted by Crippen LogP contribution is 2.28. The van der Waals surface area contributed by atoms with Gasteiger partial charge in [-0.05, 0) is 43.2 Å². The fourth-order valence-corrected chi connectivity index (χ4v) is 2.57. The van der Waals surface area contributed by atoms with Gasteiger partial charge in [0.1, 0.15) is 11.6 Å². The molecule has 1 N–H and O–H groups in total. The quantitative estimate of drug-likeness (QED) is 0.915. The lowest BCUT2D eigenvalue weighted by Crippen LogP contribution is -2.30. The van der Waals surface area contributed by atoms with Crippen LogP contribution in [0.1, 0.15) is 21.5 Å². The molecule has 0 aliphatic carbocycles. The van der Waals surface area contributed by atoms with Crippen LogP contribution in [0, 0.1) is 25.5 Å². The molecule has 0 saturated heterocycles. The molecule has 2 aromatic rings. The Morgan fingerprint density at radius 3 is 2.12 bits per heavy atom. The molecule has 0 bridgehead atoms. The summed E-state index contributed by atoms with van der Waals surface area (Å²) in [5.41, 5.74) is 1.04. The second kappa shape index (κ2) is 6.56. The number of aryl methyl sites for hydroxylation is 2. The van der Waals surface area contributed by atoms with E-state index in [9.17, 15) is 22.0 Å². The minimum atomic E-state index is -3.89. The summed E-state index contributed by atoms with van der Waals surface area (Å²) >= 11 is 0. The van der Waals surface area contributed by atoms with Crippen LogP contribution in [0.15, 0.2) is 30.3 Å². The lowest BCUT2D eigenvalue weighted by atomic mass is 10.1. The molecule has 128 valence electrons. The number of carbonyl (C=O) groups is 1. The van der Waals surface area contributed by atoms with E-state index in [1.807, 2.05) is 19.9 Å². The van der Waals surface area contributed by atoms with Gasteiger partial charge < -0.3 is 4.74 Å². The molecule has 0 aliphatic rings. The van der Waals surface area contributed by atoms with Crippen LogP contribution in [-0.2, 0) is 10.0 Å². The van der Waals surface area contributed by atoms with Gasteiger partial charge in [0.05, 0.1) is 11.8 Å². The Bertz CT molecular complexity index is 890. The van der Waals surface area contributed by atoms with E-state index in [4.69, 9.17) is 4.74 Å². The Morgan fingerprint density at radius 1 is 1.00 bits per heavy atom. The lowest BCUT2D eigenvalue weighted by Gasteiger charge is -2.11. The van der Waals surface area contributed by atoms with Crippen molar-refractivity contribution in [3.05, 3.63) is 58.7 Å². The first-order valence-corrected chi connectivity index (χ1v) is 8.71. The number of rotatable bonds is 4. The predicted molar refractivity (Wildman–Crippen MR) is 84.7 cm³/mol. The maximum Gasteiger partial charge on any atom is 0.267 e. The third-order valence-electron chi connectivity index (χ3n) is 2.97. The Hall–Kier alpha value is -2.48. The largest absolute Gasteiger partial charge is 0.454 e. The van der Waals surface area contributed by atoms with Crippen LogP contribution in [0.2, 0.25) is 0 Å². The van der Waals surface area contributed by atoms with Gasteiger partial charge in [0.15, 0.2) is 11.6 Å². The van der Waals surface area contributed by atoms with Gasteiger partial charge in [-0.25, -0.2) is 21.9 Å². The zero-order valence-electron chi connectivity index (χ0n) is 13.2. The smallest absolute Gasteiger partial charge is 0.267 e. The molecule has 0 atom stereocenters. The highest BCUT2D eigenvalue weighted by molar-refractivity contribution is 7.89. The molecule has 0 unspecified atom stereocenters. The maximum atomic E-state index is 14.1. The van der Waals surface area contributed by atoms with Gasteiger partial charge in [0.2, 0.25) is 10.0 Å². The van der Waals surface area contributed by atoms with Crippen molar-refractivity contribution in [2.75, 3.05) is 6.26 Å². The number of benzene rings is 2. The number of ether oxygens (including phenoxy) is 1. The number of sulfonamides is 1. The summed E-state index contributed by atoms with van der Waals surface area (Å²) < 4.78 is 57.0. The van der Waals surface area contributed by atoms with E-state index in [1.165, 1.54) is 0 Å². The first-order chi connectivity index (χ1) is 11.0. The topological polar surface area (TPSA) is 72.5 Å². The van der Waals surface area contributed by atoms with E-state index in [0.717, 1.165) is 17.4 Å². The Balaban J connectivity index is 2.34. The molecule has 1 amide bonds. The molecule has 0 aliphatic heterocycles. The Morgan fingerprint density at radius 2 is 1.58 bits per heavy atom. The third-order valence-corrected chi connectivity index (χ3v) is 3.52. The minimum absolute atomic E-state index is 0.319. The van der Waals surface area contributed by atoms with Crippen molar-refractivity contribution in [1.82, 2.24) is 4.72 Å². The van der Waals surface area contributed by atoms with Crippen molar-refractivity contribution in [1.29, 1.82) is 0 Å². The molecule has 0 radical (unpaired) electrons. The number of halogens is 2. The number of hydrogen-bond acceptors (Lipinski definition) is 4. The van der Waals surface area contributed by atoms with Gasteiger partial charge in [-0.3, -0.25) is 4.79 Å². The SMILES string of the molecule is Cc1cc(C)cc(Oc2cc(F)c(C(=O)NS(C)(=O)=O)cc2F)c1. The van der Waals surface area contributed by atoms with Gasteiger partial charge in [-0.15, -0.1) is 0 Å². The van der Waals surface area contributed by atoms with E-state index < -0.39 is 38.9 Å². The Labute approximate surface area is 138 Å². The van der Waals surface area contributed by atoms with Crippen LogP contribution in [0.5, 0.6) is 11.5 Å². The molecule has 0 aromatic heterocycles. The second-order valence-corrected chi connectivity index (χ2v) is 7.14. The summed E-state index contributed by atoms with van der Waals surface area (Å²) in [6, 6.07) is 6.48. The minimum Gasteiger partial charge on any atom is -0.454 e. The van der Waals surface area contributed by atoms with Gasteiger partial charge in [-0.1, -0.05) is 6.07 Å². The first-order valence-electron chi connectivity index (χ1n) is 6.82. The normalized spacial score (nSPS) is 11.2. The average Bonchev–Trinajstić information content (AvgIpc) is 2.39. The summed E-state index contributed by atoms with van der Waals surface area (Å²) in [6.45, 7) is 3.66. The van der Waals surface area contributed by atoms with Crippen LogP contribution in [0.3, 0.4) is 0 Å². The molecule has 0 spiro atoms. The van der Waals surface area contributed by atoms with Crippen molar-refractivity contribution in [2.24, 2.45) is 0 Å². The number of carbonyl (C=O) groups excluding carboxylic acids is 1. The molecular formula is C16H15F2NO4S. The van der Waals surface area contributed by atoms with Crippen LogP contribution in [0.25, 0.3) is 0 Å². The first kappa shape index (κ1) is 17.9. The van der Waals surface area contributed by atoms with E-state index in [2.05, 4.69) is 0 Å². The fraction of sp³-hybridized carbons (Fsp3) is 0.188. The number of hydrogen-bond donors (Lipinski definition) is 1. The predicted octanol–water partition coefficient (Wildman–Crippen LogP) is 3.06. The molecule has 2 aromatic carbocycles. The molecule has 8 heteroatoms. The van der Waals surface area contributed by atoms with E-state index >= 15 is 0 Å². The maximum absolute atomic E-state index is 14.1. The average molecular weight is 355 g/mol. The Kier molecular flexibility index (Phi) is 4.88. The molecule has 0 heterocycles. The van der Waals surface area contributed by atoms with Crippen LogP contribution >= 0.6 is 0 Å². The summed E-state index contributed by atoms with van der Waals surface area (Å²) in [5, 5.41) is 0. The summed E-state index contributed by atoms with van der Waals surface area (Å²) in [7, 11) is -3.89. The van der Waals surface area contributed by atoms with E-state index in [1.54, 1.807) is 16.9 Å². The molecule has 5 nitrogen and oxygen atoms in total. The van der Waals surface area contributed by atoms with Crippen LogP contribution < -0.4 is 9.46 Å². The highest BCUT2D eigenvalue weighted by atomic mass is 32.2. The summed E-state index contributed by atoms with van der Waals surface area (Å²) in [4.78, 5) is 11.7. The van der Waals surface area contributed by atoms with Crippen molar-refractivity contribution in [3.8, 4) is 11.5 Å². The third kappa shape index (κ3) is 4.51. The van der Waals surface area contributed by atoms with Crippen molar-refractivity contribution in [2.45, 2.75) is 13.8 Å². The molecular weight excluding hydrogens is 340 g/mol. The zero-order chi connectivity index (χ0) is 18.1. The van der Waals surface area contributed by atoms with Crippen LogP contribution in [0.4, 0.5) is 8.78 Å². The molecule has 2 rings (SSSR count). The standard InChI is InChI=1S/C16H15F2NO4S/c1-9-4-10(2)6-11(5-9)23-15-8-13(17)12(7-14(15)18)16(20)19-24(3,21)22/h4-8H,1-3H3,(H,19,20).